The molecule has 0 bridgehead atoms. The van der Waals surface area contributed by atoms with E-state index in [9.17, 15) is 0 Å². The Kier molecular flexibility index (Phi) is 4.02. The molecule has 2 aromatic heterocycles. The number of hydrogen-bond donors (Lipinski definition) is 2. The molecule has 0 amide bonds. The Morgan fingerprint density at radius 2 is 1.39 bits per heavy atom. The van der Waals surface area contributed by atoms with Gasteiger partial charge >= 0.3 is 0 Å². The molecule has 2 heterocycles. The van der Waals surface area contributed by atoms with E-state index in [0.717, 1.165) is 11.4 Å². The summed E-state index contributed by atoms with van der Waals surface area (Å²) in [4.78, 5) is 8.59. The van der Waals surface area contributed by atoms with Crippen molar-refractivity contribution in [2.75, 3.05) is 6.54 Å². The molecule has 4 N–H and O–H groups in total. The van der Waals surface area contributed by atoms with Crippen molar-refractivity contribution in [1.29, 1.82) is 0 Å². The third kappa shape index (κ3) is 3.35. The van der Waals surface area contributed by atoms with Gasteiger partial charge in [-0.1, -0.05) is 12.1 Å². The van der Waals surface area contributed by atoms with Crippen LogP contribution in [0.4, 0.5) is 0 Å². The fraction of sp³-hybridized carbons (Fsp3) is 0.286. The van der Waals surface area contributed by atoms with Crippen molar-refractivity contribution < 1.29 is 0 Å². The van der Waals surface area contributed by atoms with Gasteiger partial charge in [0, 0.05) is 48.7 Å². The van der Waals surface area contributed by atoms with Gasteiger partial charge in [0.05, 0.1) is 0 Å². The fourth-order valence-electron chi connectivity index (χ4n) is 1.93. The predicted octanol–water partition coefficient (Wildman–Crippen LogP) is 0.918. The summed E-state index contributed by atoms with van der Waals surface area (Å²) in [6, 6.07) is 11.6. The maximum Gasteiger partial charge on any atom is 0.0422 e. The molecule has 18 heavy (non-hydrogen) atoms. The van der Waals surface area contributed by atoms with Crippen molar-refractivity contribution in [3.05, 3.63) is 60.2 Å². The van der Waals surface area contributed by atoms with E-state index >= 15 is 0 Å². The molecule has 0 radical (unpaired) electrons. The number of nitrogens with zero attached hydrogens (tertiary/aromatic N) is 2. The Balaban J connectivity index is 2.11. The van der Waals surface area contributed by atoms with E-state index < -0.39 is 5.54 Å². The van der Waals surface area contributed by atoms with Crippen LogP contribution in [0.15, 0.2) is 48.8 Å². The molecular formula is C14H18N4. The second-order valence-corrected chi connectivity index (χ2v) is 4.56. The van der Waals surface area contributed by atoms with Gasteiger partial charge in [0.25, 0.3) is 0 Å². The Morgan fingerprint density at radius 1 is 0.889 bits per heavy atom. The lowest BCUT2D eigenvalue weighted by molar-refractivity contribution is 0.421. The molecular weight excluding hydrogens is 224 g/mol. The highest BCUT2D eigenvalue weighted by Crippen LogP contribution is 2.13. The lowest BCUT2D eigenvalue weighted by atomic mass is 9.89. The van der Waals surface area contributed by atoms with Gasteiger partial charge in [-0.2, -0.15) is 0 Å². The molecule has 94 valence electrons. The summed E-state index contributed by atoms with van der Waals surface area (Å²) in [6.07, 6.45) is 4.85. The van der Waals surface area contributed by atoms with Crippen molar-refractivity contribution in [2.45, 2.75) is 18.4 Å². The summed E-state index contributed by atoms with van der Waals surface area (Å²) in [6.45, 7) is 0.403. The van der Waals surface area contributed by atoms with Crippen molar-refractivity contribution in [2.24, 2.45) is 11.5 Å². The Bertz CT molecular complexity index is 428. The Labute approximate surface area is 107 Å². The Hall–Kier alpha value is -1.78. The molecule has 0 aliphatic heterocycles. The molecule has 2 rings (SSSR count). The van der Waals surface area contributed by atoms with Crippen LogP contribution in [0.1, 0.15) is 11.4 Å². The maximum atomic E-state index is 6.36. The summed E-state index contributed by atoms with van der Waals surface area (Å²) in [7, 11) is 0. The summed E-state index contributed by atoms with van der Waals surface area (Å²) in [5.74, 6) is 0. The highest BCUT2D eigenvalue weighted by atomic mass is 14.8. The largest absolute Gasteiger partial charge is 0.329 e. The third-order valence-corrected chi connectivity index (χ3v) is 2.93. The standard InChI is InChI=1S/C14H18N4/c15-11-14(16,9-12-5-1-3-7-17-12)10-13-6-2-4-8-18-13/h1-8H,9-11,15-16H2. The van der Waals surface area contributed by atoms with Crippen molar-refractivity contribution >= 4 is 0 Å². The molecule has 2 aromatic rings. The lowest BCUT2D eigenvalue weighted by Crippen LogP contribution is -2.51. The zero-order chi connectivity index (χ0) is 12.8. The maximum absolute atomic E-state index is 6.36. The summed E-state index contributed by atoms with van der Waals surface area (Å²) < 4.78 is 0. The minimum absolute atomic E-state index is 0.403. The van der Waals surface area contributed by atoms with Crippen molar-refractivity contribution in [3.8, 4) is 0 Å². The Morgan fingerprint density at radius 3 is 1.72 bits per heavy atom. The van der Waals surface area contributed by atoms with Gasteiger partial charge in [-0.15, -0.1) is 0 Å². The van der Waals surface area contributed by atoms with E-state index in [2.05, 4.69) is 9.97 Å². The lowest BCUT2D eigenvalue weighted by Gasteiger charge is -2.27. The zero-order valence-corrected chi connectivity index (χ0v) is 10.3. The second-order valence-electron chi connectivity index (χ2n) is 4.56. The normalized spacial score (nSPS) is 11.4. The quantitative estimate of drug-likeness (QED) is 0.817. The van der Waals surface area contributed by atoms with E-state index in [1.54, 1.807) is 12.4 Å². The number of pyridine rings is 2. The minimum Gasteiger partial charge on any atom is -0.329 e. The van der Waals surface area contributed by atoms with Crippen LogP contribution in [-0.4, -0.2) is 22.1 Å². The van der Waals surface area contributed by atoms with Crippen LogP contribution in [0.2, 0.25) is 0 Å². The molecule has 4 nitrogen and oxygen atoms in total. The summed E-state index contributed by atoms with van der Waals surface area (Å²) in [5, 5.41) is 0. The topological polar surface area (TPSA) is 77.8 Å². The van der Waals surface area contributed by atoms with Gasteiger partial charge in [-0.05, 0) is 24.3 Å². The van der Waals surface area contributed by atoms with Gasteiger partial charge in [0.15, 0.2) is 0 Å². The zero-order valence-electron chi connectivity index (χ0n) is 10.3. The molecule has 0 atom stereocenters. The first-order valence-electron chi connectivity index (χ1n) is 6.01. The number of rotatable bonds is 5. The minimum atomic E-state index is -0.497. The second kappa shape index (κ2) is 5.71. The molecule has 0 aliphatic rings. The SMILES string of the molecule is NCC(N)(Cc1ccccn1)Cc1ccccn1. The van der Waals surface area contributed by atoms with Crippen LogP contribution in [0.25, 0.3) is 0 Å². The van der Waals surface area contributed by atoms with Crippen LogP contribution < -0.4 is 11.5 Å². The van der Waals surface area contributed by atoms with E-state index in [0.29, 0.717) is 19.4 Å². The number of aromatic nitrogens is 2. The van der Waals surface area contributed by atoms with Crippen LogP contribution in [0.5, 0.6) is 0 Å². The van der Waals surface area contributed by atoms with Crippen LogP contribution in [0, 0.1) is 0 Å². The number of hydrogen-bond acceptors (Lipinski definition) is 4. The van der Waals surface area contributed by atoms with E-state index in [4.69, 9.17) is 11.5 Å². The van der Waals surface area contributed by atoms with Gasteiger partial charge in [-0.25, -0.2) is 0 Å². The van der Waals surface area contributed by atoms with Gasteiger partial charge in [-0.3, -0.25) is 9.97 Å². The van der Waals surface area contributed by atoms with Crippen LogP contribution in [-0.2, 0) is 12.8 Å². The summed E-state index contributed by atoms with van der Waals surface area (Å²) in [5.41, 5.74) is 13.6. The van der Waals surface area contributed by atoms with E-state index in [1.165, 1.54) is 0 Å². The third-order valence-electron chi connectivity index (χ3n) is 2.93. The first-order chi connectivity index (χ1) is 8.72. The van der Waals surface area contributed by atoms with Gasteiger partial charge in [0.1, 0.15) is 0 Å². The van der Waals surface area contributed by atoms with Crippen LogP contribution in [0.3, 0.4) is 0 Å². The van der Waals surface area contributed by atoms with Crippen LogP contribution >= 0.6 is 0 Å². The molecule has 0 spiro atoms. The molecule has 0 aliphatic carbocycles. The molecule has 0 fully saturated rings. The molecule has 4 heteroatoms. The number of nitrogens with two attached hydrogens (primary N) is 2. The monoisotopic (exact) mass is 242 g/mol. The first-order valence-corrected chi connectivity index (χ1v) is 6.01. The first kappa shape index (κ1) is 12.7. The smallest absolute Gasteiger partial charge is 0.0422 e. The molecule has 0 unspecified atom stereocenters. The molecule has 0 aromatic carbocycles. The van der Waals surface area contributed by atoms with E-state index in [1.807, 2.05) is 36.4 Å². The molecule has 0 saturated heterocycles. The van der Waals surface area contributed by atoms with Crippen molar-refractivity contribution in [1.82, 2.24) is 9.97 Å². The van der Waals surface area contributed by atoms with Gasteiger partial charge < -0.3 is 11.5 Å². The molecule has 0 saturated carbocycles. The van der Waals surface area contributed by atoms with Crippen molar-refractivity contribution in [3.63, 3.8) is 0 Å². The average Bonchev–Trinajstić information content (AvgIpc) is 2.41. The van der Waals surface area contributed by atoms with E-state index in [-0.39, 0.29) is 0 Å². The average molecular weight is 242 g/mol. The predicted molar refractivity (Wildman–Crippen MR) is 71.9 cm³/mol. The highest BCUT2D eigenvalue weighted by Gasteiger charge is 2.25. The summed E-state index contributed by atoms with van der Waals surface area (Å²) >= 11 is 0. The van der Waals surface area contributed by atoms with Gasteiger partial charge in [0.2, 0.25) is 0 Å². The fourth-order valence-corrected chi connectivity index (χ4v) is 1.93. The highest BCUT2D eigenvalue weighted by molar-refractivity contribution is 5.14.